The summed E-state index contributed by atoms with van der Waals surface area (Å²) >= 11 is 0. The number of anilines is 1. The van der Waals surface area contributed by atoms with Gasteiger partial charge < -0.3 is 10.2 Å². The Balaban J connectivity index is 2.75. The topological polar surface area (TPSA) is 61.4 Å². The van der Waals surface area contributed by atoms with Crippen molar-refractivity contribution in [3.8, 4) is 0 Å². The fraction of sp³-hybridized carbons (Fsp3) is 0.600. The minimum Gasteiger partial charge on any atom is -0.383 e. The van der Waals surface area contributed by atoms with Crippen LogP contribution < -0.4 is 10.0 Å². The van der Waals surface area contributed by atoms with Gasteiger partial charge >= 0.3 is 0 Å². The van der Waals surface area contributed by atoms with Gasteiger partial charge in [0.25, 0.3) is 0 Å². The monoisotopic (exact) mass is 313 g/mol. The second-order valence-electron chi connectivity index (χ2n) is 6.36. The number of nitrogens with one attached hydrogen (secondary N) is 2. The highest BCUT2D eigenvalue weighted by Gasteiger charge is 2.20. The van der Waals surface area contributed by atoms with Gasteiger partial charge in [-0.2, -0.15) is 0 Å². The third-order valence-electron chi connectivity index (χ3n) is 3.49. The predicted molar refractivity (Wildman–Crippen MR) is 88.2 cm³/mol. The summed E-state index contributed by atoms with van der Waals surface area (Å²) in [4.78, 5) is 2.43. The van der Waals surface area contributed by atoms with Crippen molar-refractivity contribution in [2.45, 2.75) is 44.2 Å². The highest BCUT2D eigenvalue weighted by atomic mass is 32.2. The maximum absolute atomic E-state index is 12.0. The molecule has 6 heteroatoms. The van der Waals surface area contributed by atoms with Crippen LogP contribution in [0.5, 0.6) is 0 Å². The highest BCUT2D eigenvalue weighted by Crippen LogP contribution is 2.16. The highest BCUT2D eigenvalue weighted by molar-refractivity contribution is 7.89. The molecule has 0 heterocycles. The van der Waals surface area contributed by atoms with E-state index in [1.54, 1.807) is 38.1 Å². The van der Waals surface area contributed by atoms with Gasteiger partial charge in [0.2, 0.25) is 10.0 Å². The molecule has 0 spiro atoms. The van der Waals surface area contributed by atoms with Crippen molar-refractivity contribution in [1.82, 2.24) is 9.62 Å². The molecule has 0 atom stereocenters. The second kappa shape index (κ2) is 6.77. The smallest absolute Gasteiger partial charge is 0.240 e. The van der Waals surface area contributed by atoms with E-state index >= 15 is 0 Å². The molecule has 21 heavy (non-hydrogen) atoms. The summed E-state index contributed by atoms with van der Waals surface area (Å²) in [5.41, 5.74) is 0.928. The third-order valence-corrected chi connectivity index (χ3v) is 5.17. The summed E-state index contributed by atoms with van der Waals surface area (Å²) in [6, 6.07) is 6.71. The number of sulfonamides is 1. The van der Waals surface area contributed by atoms with Gasteiger partial charge in [0.1, 0.15) is 0 Å². The van der Waals surface area contributed by atoms with Crippen LogP contribution in [0.2, 0.25) is 0 Å². The SMILES string of the molecule is CC(C)NS(=O)(=O)c1ccc(NCC(C)(C)N(C)C)cc1. The predicted octanol–water partition coefficient (Wildman–Crippen LogP) is 2.13. The molecule has 1 aromatic carbocycles. The van der Waals surface area contributed by atoms with Crippen molar-refractivity contribution < 1.29 is 8.42 Å². The van der Waals surface area contributed by atoms with E-state index in [0.717, 1.165) is 12.2 Å². The molecule has 0 aromatic heterocycles. The van der Waals surface area contributed by atoms with Crippen molar-refractivity contribution in [3.63, 3.8) is 0 Å². The Labute approximate surface area is 128 Å². The van der Waals surface area contributed by atoms with E-state index in [-0.39, 0.29) is 16.5 Å². The Hall–Kier alpha value is -1.11. The molecule has 0 amide bonds. The average molecular weight is 313 g/mol. The lowest BCUT2D eigenvalue weighted by molar-refractivity contribution is 0.210. The molecule has 0 fully saturated rings. The third kappa shape index (κ3) is 5.30. The lowest BCUT2D eigenvalue weighted by Crippen LogP contribution is -2.44. The molecule has 5 nitrogen and oxygen atoms in total. The lowest BCUT2D eigenvalue weighted by atomic mass is 10.0. The van der Waals surface area contributed by atoms with Crippen LogP contribution in [0, 0.1) is 0 Å². The van der Waals surface area contributed by atoms with Crippen LogP contribution >= 0.6 is 0 Å². The maximum Gasteiger partial charge on any atom is 0.240 e. The van der Waals surface area contributed by atoms with Gasteiger partial charge in [-0.15, -0.1) is 0 Å². The molecule has 0 aliphatic carbocycles. The summed E-state index contributed by atoms with van der Waals surface area (Å²) in [6.07, 6.45) is 0. The number of nitrogens with zero attached hydrogens (tertiary/aromatic N) is 1. The first-order valence-corrected chi connectivity index (χ1v) is 8.56. The standard InChI is InChI=1S/C15H27N3O2S/c1-12(2)17-21(19,20)14-9-7-13(8-10-14)16-11-15(3,4)18(5)6/h7-10,12,16-17H,11H2,1-6H3. The first kappa shape index (κ1) is 17.9. The fourth-order valence-corrected chi connectivity index (χ4v) is 2.86. The molecule has 1 aromatic rings. The van der Waals surface area contributed by atoms with Crippen LogP contribution in [-0.4, -0.2) is 45.5 Å². The number of hydrogen-bond acceptors (Lipinski definition) is 4. The quantitative estimate of drug-likeness (QED) is 0.809. The van der Waals surface area contributed by atoms with Crippen molar-refractivity contribution in [2.24, 2.45) is 0 Å². The van der Waals surface area contributed by atoms with E-state index in [9.17, 15) is 8.42 Å². The largest absolute Gasteiger partial charge is 0.383 e. The summed E-state index contributed by atoms with van der Waals surface area (Å²) in [7, 11) is 0.654. The molecule has 0 saturated heterocycles. The molecule has 120 valence electrons. The minimum atomic E-state index is -3.42. The molecule has 1 rings (SSSR count). The van der Waals surface area contributed by atoms with Crippen LogP contribution in [0.15, 0.2) is 29.2 Å². The van der Waals surface area contributed by atoms with Gasteiger partial charge in [-0.25, -0.2) is 13.1 Å². The van der Waals surface area contributed by atoms with Crippen LogP contribution in [0.1, 0.15) is 27.7 Å². The van der Waals surface area contributed by atoms with E-state index in [0.29, 0.717) is 0 Å². The molecule has 0 aliphatic heterocycles. The summed E-state index contributed by atoms with van der Waals surface area (Å²) in [6.45, 7) is 8.67. The number of likely N-dealkylation sites (N-methyl/N-ethyl adjacent to an activating group) is 1. The van der Waals surface area contributed by atoms with E-state index in [2.05, 4.69) is 28.8 Å². The normalized spacial score (nSPS) is 13.0. The summed E-state index contributed by atoms with van der Waals surface area (Å²) in [5.74, 6) is 0. The zero-order chi connectivity index (χ0) is 16.3. The molecular weight excluding hydrogens is 286 g/mol. The van der Waals surface area contributed by atoms with Crippen molar-refractivity contribution in [2.75, 3.05) is 26.0 Å². The van der Waals surface area contributed by atoms with Gasteiger partial charge in [-0.3, -0.25) is 0 Å². The lowest BCUT2D eigenvalue weighted by Gasteiger charge is -2.33. The van der Waals surface area contributed by atoms with E-state index in [1.807, 2.05) is 14.1 Å². The Morgan fingerprint density at radius 3 is 2.10 bits per heavy atom. The van der Waals surface area contributed by atoms with Gasteiger partial charge in [-0.1, -0.05) is 0 Å². The Morgan fingerprint density at radius 2 is 1.67 bits per heavy atom. The summed E-state index contributed by atoms with van der Waals surface area (Å²) < 4.78 is 26.6. The van der Waals surface area contributed by atoms with E-state index < -0.39 is 10.0 Å². The molecule has 0 saturated carbocycles. The molecular formula is C15H27N3O2S. The van der Waals surface area contributed by atoms with E-state index in [1.165, 1.54) is 0 Å². The van der Waals surface area contributed by atoms with Gasteiger partial charge in [0.05, 0.1) is 4.90 Å². The van der Waals surface area contributed by atoms with Crippen molar-refractivity contribution in [1.29, 1.82) is 0 Å². The molecule has 0 aliphatic rings. The van der Waals surface area contributed by atoms with Crippen LogP contribution in [0.4, 0.5) is 5.69 Å². The average Bonchev–Trinajstić information content (AvgIpc) is 2.35. The van der Waals surface area contributed by atoms with Crippen LogP contribution in [0.3, 0.4) is 0 Å². The molecule has 2 N–H and O–H groups in total. The number of benzene rings is 1. The molecule has 0 radical (unpaired) electrons. The Morgan fingerprint density at radius 1 is 1.14 bits per heavy atom. The fourth-order valence-electron chi connectivity index (χ4n) is 1.61. The van der Waals surface area contributed by atoms with Gasteiger partial charge in [0.15, 0.2) is 0 Å². The second-order valence-corrected chi connectivity index (χ2v) is 8.07. The maximum atomic E-state index is 12.0. The minimum absolute atomic E-state index is 0.0178. The van der Waals surface area contributed by atoms with Crippen molar-refractivity contribution >= 4 is 15.7 Å². The molecule has 0 unspecified atom stereocenters. The zero-order valence-corrected chi connectivity index (χ0v) is 14.6. The first-order chi connectivity index (χ1) is 9.54. The van der Waals surface area contributed by atoms with Crippen LogP contribution in [-0.2, 0) is 10.0 Å². The first-order valence-electron chi connectivity index (χ1n) is 7.08. The number of hydrogen-bond donors (Lipinski definition) is 2. The van der Waals surface area contributed by atoms with E-state index in [4.69, 9.17) is 0 Å². The van der Waals surface area contributed by atoms with Gasteiger partial charge in [-0.05, 0) is 66.1 Å². The summed E-state index contributed by atoms with van der Waals surface area (Å²) in [5, 5.41) is 3.33. The Kier molecular flexibility index (Phi) is 5.78. The Bertz CT molecular complexity index is 549. The van der Waals surface area contributed by atoms with Crippen molar-refractivity contribution in [3.05, 3.63) is 24.3 Å². The molecule has 0 bridgehead atoms. The zero-order valence-electron chi connectivity index (χ0n) is 13.8. The number of rotatable bonds is 7. The van der Waals surface area contributed by atoms with Gasteiger partial charge in [0, 0.05) is 23.8 Å². The van der Waals surface area contributed by atoms with Crippen LogP contribution in [0.25, 0.3) is 0 Å².